The third kappa shape index (κ3) is 2.89. The van der Waals surface area contributed by atoms with Gasteiger partial charge in [-0.15, -0.1) is 0 Å². The number of aliphatic hydroxyl groups is 1. The maximum atomic E-state index is 9.65. The molecule has 0 bridgehead atoms. The van der Waals surface area contributed by atoms with Gasteiger partial charge in [0.05, 0.1) is 12.6 Å². The third-order valence-corrected chi connectivity index (χ3v) is 3.48. The molecule has 1 N–H and O–H groups in total. The van der Waals surface area contributed by atoms with E-state index in [-0.39, 0.29) is 12.6 Å². The number of hydrogen-bond donors (Lipinski definition) is 1. The average molecular weight is 287 g/mol. The van der Waals surface area contributed by atoms with E-state index in [1.165, 1.54) is 12.7 Å². The van der Waals surface area contributed by atoms with Crippen LogP contribution in [-0.2, 0) is 0 Å². The smallest absolute Gasteiger partial charge is 0.228 e. The number of rotatable bonds is 3. The van der Waals surface area contributed by atoms with Crippen LogP contribution in [0.15, 0.2) is 25.0 Å². The highest BCUT2D eigenvalue weighted by molar-refractivity contribution is 5.39. The van der Waals surface area contributed by atoms with E-state index in [9.17, 15) is 5.11 Å². The molecule has 0 aromatic carbocycles. The summed E-state index contributed by atoms with van der Waals surface area (Å²) in [5, 5.41) is 9.65. The first-order chi connectivity index (χ1) is 10.3. The zero-order valence-corrected chi connectivity index (χ0v) is 11.8. The Labute approximate surface area is 122 Å². The summed E-state index contributed by atoms with van der Waals surface area (Å²) in [6, 6.07) is -0.0916. The SMILES string of the molecule is Cc1cnc(N2CCN(c3ncncn3)C(CO)C2)nc1. The summed E-state index contributed by atoms with van der Waals surface area (Å²) >= 11 is 0. The molecule has 0 amide bonds. The van der Waals surface area contributed by atoms with Gasteiger partial charge in [0.2, 0.25) is 11.9 Å². The maximum Gasteiger partial charge on any atom is 0.228 e. The molecule has 1 aliphatic heterocycles. The van der Waals surface area contributed by atoms with Crippen LogP contribution in [0.3, 0.4) is 0 Å². The molecule has 0 spiro atoms. The van der Waals surface area contributed by atoms with Crippen molar-refractivity contribution in [1.82, 2.24) is 24.9 Å². The minimum absolute atomic E-state index is 0.0219. The number of nitrogens with zero attached hydrogens (tertiary/aromatic N) is 7. The van der Waals surface area contributed by atoms with Crippen LogP contribution in [0.1, 0.15) is 5.56 Å². The molecular weight excluding hydrogens is 270 g/mol. The van der Waals surface area contributed by atoms with E-state index in [2.05, 4.69) is 29.8 Å². The second-order valence-corrected chi connectivity index (χ2v) is 4.97. The molecule has 3 heterocycles. The highest BCUT2D eigenvalue weighted by atomic mass is 16.3. The predicted molar refractivity (Wildman–Crippen MR) is 77.0 cm³/mol. The van der Waals surface area contributed by atoms with Gasteiger partial charge in [-0.1, -0.05) is 0 Å². The molecule has 8 heteroatoms. The molecule has 1 aliphatic rings. The van der Waals surface area contributed by atoms with Gasteiger partial charge < -0.3 is 14.9 Å². The van der Waals surface area contributed by atoms with Gasteiger partial charge in [0.15, 0.2) is 0 Å². The number of aliphatic hydroxyl groups excluding tert-OH is 1. The van der Waals surface area contributed by atoms with E-state index in [1.54, 1.807) is 12.4 Å². The second kappa shape index (κ2) is 5.96. The minimum Gasteiger partial charge on any atom is -0.394 e. The normalized spacial score (nSPS) is 18.9. The highest BCUT2D eigenvalue weighted by Crippen LogP contribution is 2.18. The Hall–Kier alpha value is -2.35. The van der Waals surface area contributed by atoms with E-state index < -0.39 is 0 Å². The summed E-state index contributed by atoms with van der Waals surface area (Å²) < 4.78 is 0. The number of aryl methyl sites for hydroxylation is 1. The summed E-state index contributed by atoms with van der Waals surface area (Å²) in [4.78, 5) is 24.9. The predicted octanol–water partition coefficient (Wildman–Crippen LogP) is -0.342. The van der Waals surface area contributed by atoms with Crippen molar-refractivity contribution in [2.24, 2.45) is 0 Å². The zero-order valence-electron chi connectivity index (χ0n) is 11.8. The van der Waals surface area contributed by atoms with Gasteiger partial charge in [-0.05, 0) is 12.5 Å². The van der Waals surface area contributed by atoms with E-state index in [4.69, 9.17) is 0 Å². The molecule has 110 valence electrons. The van der Waals surface area contributed by atoms with Crippen LogP contribution in [-0.4, -0.2) is 62.3 Å². The van der Waals surface area contributed by atoms with E-state index in [1.807, 2.05) is 11.8 Å². The number of hydrogen-bond acceptors (Lipinski definition) is 8. The van der Waals surface area contributed by atoms with E-state index >= 15 is 0 Å². The Morgan fingerprint density at radius 2 is 1.81 bits per heavy atom. The van der Waals surface area contributed by atoms with E-state index in [0.29, 0.717) is 25.0 Å². The number of anilines is 2. The molecule has 1 unspecified atom stereocenters. The number of aromatic nitrogens is 5. The Balaban J connectivity index is 1.76. The molecule has 1 atom stereocenters. The minimum atomic E-state index is -0.0916. The summed E-state index contributed by atoms with van der Waals surface area (Å²) in [7, 11) is 0. The molecule has 3 rings (SSSR count). The van der Waals surface area contributed by atoms with Crippen LogP contribution in [0.25, 0.3) is 0 Å². The Morgan fingerprint density at radius 1 is 1.10 bits per heavy atom. The van der Waals surface area contributed by atoms with Crippen molar-refractivity contribution in [1.29, 1.82) is 0 Å². The first-order valence-electron chi connectivity index (χ1n) is 6.81. The van der Waals surface area contributed by atoms with E-state index in [0.717, 1.165) is 12.1 Å². The first kappa shape index (κ1) is 13.6. The van der Waals surface area contributed by atoms with Gasteiger partial charge in [-0.25, -0.2) is 24.9 Å². The second-order valence-electron chi connectivity index (χ2n) is 4.97. The van der Waals surface area contributed by atoms with Crippen LogP contribution >= 0.6 is 0 Å². The fourth-order valence-corrected chi connectivity index (χ4v) is 2.39. The van der Waals surface area contributed by atoms with Crippen molar-refractivity contribution >= 4 is 11.9 Å². The van der Waals surface area contributed by atoms with Crippen LogP contribution < -0.4 is 9.80 Å². The van der Waals surface area contributed by atoms with Crippen molar-refractivity contribution < 1.29 is 5.11 Å². The van der Waals surface area contributed by atoms with Crippen LogP contribution in [0.5, 0.6) is 0 Å². The average Bonchev–Trinajstić information content (AvgIpc) is 2.56. The largest absolute Gasteiger partial charge is 0.394 e. The molecule has 0 radical (unpaired) electrons. The molecular formula is C13H17N7O. The Morgan fingerprint density at radius 3 is 2.48 bits per heavy atom. The van der Waals surface area contributed by atoms with Crippen molar-refractivity contribution in [3.05, 3.63) is 30.6 Å². The topological polar surface area (TPSA) is 91.2 Å². The highest BCUT2D eigenvalue weighted by Gasteiger charge is 2.29. The van der Waals surface area contributed by atoms with Gasteiger partial charge in [0, 0.05) is 32.0 Å². The zero-order chi connectivity index (χ0) is 14.7. The summed E-state index contributed by atoms with van der Waals surface area (Å²) in [6.07, 6.45) is 6.53. The lowest BCUT2D eigenvalue weighted by molar-refractivity contribution is 0.251. The Kier molecular flexibility index (Phi) is 3.87. The van der Waals surface area contributed by atoms with Crippen molar-refractivity contribution in [2.45, 2.75) is 13.0 Å². The quantitative estimate of drug-likeness (QED) is 0.819. The number of piperazine rings is 1. The summed E-state index contributed by atoms with van der Waals surface area (Å²) in [5.41, 5.74) is 1.03. The van der Waals surface area contributed by atoms with Crippen molar-refractivity contribution in [2.75, 3.05) is 36.0 Å². The lowest BCUT2D eigenvalue weighted by Crippen LogP contribution is -2.56. The fourth-order valence-electron chi connectivity index (χ4n) is 2.39. The molecule has 1 fully saturated rings. The molecule has 1 saturated heterocycles. The molecule has 0 saturated carbocycles. The van der Waals surface area contributed by atoms with Gasteiger partial charge in [-0.2, -0.15) is 0 Å². The molecule has 2 aromatic heterocycles. The summed E-state index contributed by atoms with van der Waals surface area (Å²) in [5.74, 6) is 1.28. The van der Waals surface area contributed by atoms with Crippen LogP contribution in [0.4, 0.5) is 11.9 Å². The standard InChI is InChI=1S/C13H17N7O/c1-10-4-15-12(16-5-10)19-2-3-20(11(6-19)7-21)13-17-8-14-9-18-13/h4-5,8-9,11,21H,2-3,6-7H2,1H3. The molecule has 8 nitrogen and oxygen atoms in total. The monoisotopic (exact) mass is 287 g/mol. The fraction of sp³-hybridized carbons (Fsp3) is 0.462. The van der Waals surface area contributed by atoms with Crippen molar-refractivity contribution in [3.63, 3.8) is 0 Å². The molecule has 0 aliphatic carbocycles. The molecule has 21 heavy (non-hydrogen) atoms. The molecule has 2 aromatic rings. The maximum absolute atomic E-state index is 9.65. The summed E-state index contributed by atoms with van der Waals surface area (Å²) in [6.45, 7) is 4.07. The first-order valence-corrected chi connectivity index (χ1v) is 6.81. The van der Waals surface area contributed by atoms with Gasteiger partial charge >= 0.3 is 0 Å². The third-order valence-electron chi connectivity index (χ3n) is 3.48. The van der Waals surface area contributed by atoms with Crippen LogP contribution in [0, 0.1) is 6.92 Å². The Bertz CT molecular complexity index is 577. The van der Waals surface area contributed by atoms with Gasteiger partial charge in [-0.3, -0.25) is 0 Å². The van der Waals surface area contributed by atoms with Gasteiger partial charge in [0.1, 0.15) is 12.7 Å². The van der Waals surface area contributed by atoms with Gasteiger partial charge in [0.25, 0.3) is 0 Å². The lowest BCUT2D eigenvalue weighted by atomic mass is 10.2. The van der Waals surface area contributed by atoms with Crippen molar-refractivity contribution in [3.8, 4) is 0 Å². The van der Waals surface area contributed by atoms with Crippen LogP contribution in [0.2, 0.25) is 0 Å². The lowest BCUT2D eigenvalue weighted by Gasteiger charge is -2.40.